The lowest BCUT2D eigenvalue weighted by molar-refractivity contribution is -0.137. The van der Waals surface area contributed by atoms with Crippen molar-refractivity contribution in [3.8, 4) is 0 Å². The molecule has 15 heavy (non-hydrogen) atoms. The zero-order valence-electron chi connectivity index (χ0n) is 7.61. The van der Waals surface area contributed by atoms with Crippen molar-refractivity contribution in [2.75, 3.05) is 0 Å². The van der Waals surface area contributed by atoms with Gasteiger partial charge in [-0.1, -0.05) is 6.07 Å². The smallest absolute Gasteiger partial charge is 0.305 e. The third-order valence-corrected chi connectivity index (χ3v) is 1.77. The van der Waals surface area contributed by atoms with Crippen LogP contribution in [-0.2, 0) is 4.79 Å². The minimum Gasteiger partial charge on any atom is -0.481 e. The lowest BCUT2D eigenvalue weighted by Gasteiger charge is -2.08. The standard InChI is InChI=1S/C9H9F2NO2.ClH/c10-6-2-1-5(3-7(6)11)8(12)4-9(13)14;/h1-3,8H,4,12H2,(H,13,14);1H/t8-;/m0./s1. The molecule has 0 unspecified atom stereocenters. The van der Waals surface area contributed by atoms with Gasteiger partial charge >= 0.3 is 5.97 Å². The largest absolute Gasteiger partial charge is 0.481 e. The molecule has 1 rings (SSSR count). The fourth-order valence-corrected chi connectivity index (χ4v) is 1.05. The van der Waals surface area contributed by atoms with Gasteiger partial charge in [-0.05, 0) is 17.7 Å². The SMILES string of the molecule is Cl.N[C@@H](CC(=O)O)c1ccc(F)c(F)c1. The van der Waals surface area contributed by atoms with Crippen molar-refractivity contribution in [2.24, 2.45) is 5.73 Å². The van der Waals surface area contributed by atoms with Gasteiger partial charge in [0.1, 0.15) is 0 Å². The molecule has 0 amide bonds. The highest BCUT2D eigenvalue weighted by atomic mass is 35.5. The Hall–Kier alpha value is -1.20. The van der Waals surface area contributed by atoms with Crippen molar-refractivity contribution >= 4 is 18.4 Å². The van der Waals surface area contributed by atoms with E-state index >= 15 is 0 Å². The van der Waals surface area contributed by atoms with Crippen LogP contribution in [0.3, 0.4) is 0 Å². The summed E-state index contributed by atoms with van der Waals surface area (Å²) in [4.78, 5) is 10.3. The Bertz CT molecular complexity index is 360. The van der Waals surface area contributed by atoms with Gasteiger partial charge in [-0.25, -0.2) is 8.78 Å². The molecule has 0 fully saturated rings. The normalized spacial score (nSPS) is 11.7. The average molecular weight is 238 g/mol. The molecule has 0 aromatic heterocycles. The summed E-state index contributed by atoms with van der Waals surface area (Å²) in [6, 6.07) is 2.28. The first kappa shape index (κ1) is 13.8. The fraction of sp³-hybridized carbons (Fsp3) is 0.222. The van der Waals surface area contributed by atoms with Gasteiger partial charge in [-0.2, -0.15) is 0 Å². The van der Waals surface area contributed by atoms with E-state index in [1.807, 2.05) is 0 Å². The number of carboxylic acid groups (broad SMARTS) is 1. The van der Waals surface area contributed by atoms with Crippen LogP contribution in [-0.4, -0.2) is 11.1 Å². The first-order chi connectivity index (χ1) is 6.50. The zero-order valence-corrected chi connectivity index (χ0v) is 8.43. The maximum Gasteiger partial charge on any atom is 0.305 e. The molecule has 3 nitrogen and oxygen atoms in total. The molecule has 0 bridgehead atoms. The monoisotopic (exact) mass is 237 g/mol. The summed E-state index contributed by atoms with van der Waals surface area (Å²) in [6.45, 7) is 0. The average Bonchev–Trinajstić information content (AvgIpc) is 2.08. The zero-order chi connectivity index (χ0) is 10.7. The van der Waals surface area contributed by atoms with Crippen LogP contribution in [0.25, 0.3) is 0 Å². The number of nitrogens with two attached hydrogens (primary N) is 1. The molecule has 0 saturated heterocycles. The van der Waals surface area contributed by atoms with Gasteiger partial charge in [0.2, 0.25) is 0 Å². The number of rotatable bonds is 3. The third-order valence-electron chi connectivity index (χ3n) is 1.77. The first-order valence-electron chi connectivity index (χ1n) is 3.93. The highest BCUT2D eigenvalue weighted by Gasteiger charge is 2.12. The summed E-state index contributed by atoms with van der Waals surface area (Å²) in [7, 11) is 0. The van der Waals surface area contributed by atoms with Crippen LogP contribution in [0.2, 0.25) is 0 Å². The van der Waals surface area contributed by atoms with E-state index in [9.17, 15) is 13.6 Å². The second-order valence-electron chi connectivity index (χ2n) is 2.88. The highest BCUT2D eigenvalue weighted by Crippen LogP contribution is 2.16. The molecule has 0 heterocycles. The molecular weight excluding hydrogens is 228 g/mol. The van der Waals surface area contributed by atoms with Crippen LogP contribution >= 0.6 is 12.4 Å². The van der Waals surface area contributed by atoms with Crippen LogP contribution in [0, 0.1) is 11.6 Å². The van der Waals surface area contributed by atoms with E-state index < -0.39 is 23.6 Å². The lowest BCUT2D eigenvalue weighted by Crippen LogP contribution is -2.15. The summed E-state index contributed by atoms with van der Waals surface area (Å²) >= 11 is 0. The fourth-order valence-electron chi connectivity index (χ4n) is 1.05. The molecule has 0 saturated carbocycles. The molecular formula is C9H10ClF2NO2. The van der Waals surface area contributed by atoms with Crippen LogP contribution in [0.1, 0.15) is 18.0 Å². The summed E-state index contributed by atoms with van der Waals surface area (Å²) in [5.74, 6) is -3.08. The van der Waals surface area contributed by atoms with E-state index in [1.54, 1.807) is 0 Å². The van der Waals surface area contributed by atoms with Crippen LogP contribution in [0.15, 0.2) is 18.2 Å². The van der Waals surface area contributed by atoms with Gasteiger partial charge in [0.05, 0.1) is 6.42 Å². The number of carboxylic acids is 1. The Morgan fingerprint density at radius 3 is 2.47 bits per heavy atom. The molecule has 0 spiro atoms. The van der Waals surface area contributed by atoms with Gasteiger partial charge in [0.25, 0.3) is 0 Å². The molecule has 1 aromatic rings. The van der Waals surface area contributed by atoms with Gasteiger partial charge < -0.3 is 10.8 Å². The van der Waals surface area contributed by atoms with Gasteiger partial charge in [-0.15, -0.1) is 12.4 Å². The quantitative estimate of drug-likeness (QED) is 0.844. The Kier molecular flexibility index (Phi) is 5.18. The summed E-state index contributed by atoms with van der Waals surface area (Å²) in [5, 5.41) is 8.42. The lowest BCUT2D eigenvalue weighted by atomic mass is 10.0. The second-order valence-corrected chi connectivity index (χ2v) is 2.88. The van der Waals surface area contributed by atoms with Crippen molar-refractivity contribution in [3.05, 3.63) is 35.4 Å². The van der Waals surface area contributed by atoms with Gasteiger partial charge in [0.15, 0.2) is 11.6 Å². The highest BCUT2D eigenvalue weighted by molar-refractivity contribution is 5.85. The Morgan fingerprint density at radius 2 is 2.00 bits per heavy atom. The summed E-state index contributed by atoms with van der Waals surface area (Å²) in [6.07, 6.45) is -0.314. The van der Waals surface area contributed by atoms with Crippen LogP contribution in [0.5, 0.6) is 0 Å². The molecule has 3 N–H and O–H groups in total. The van der Waals surface area contributed by atoms with Gasteiger partial charge in [-0.3, -0.25) is 4.79 Å². The molecule has 1 atom stereocenters. The number of hydrogen-bond donors (Lipinski definition) is 2. The molecule has 0 aliphatic heterocycles. The van der Waals surface area contributed by atoms with Crippen molar-refractivity contribution in [2.45, 2.75) is 12.5 Å². The summed E-state index contributed by atoms with van der Waals surface area (Å²) < 4.78 is 25.2. The van der Waals surface area contributed by atoms with E-state index in [-0.39, 0.29) is 24.4 Å². The summed E-state index contributed by atoms with van der Waals surface area (Å²) in [5.41, 5.74) is 5.71. The second kappa shape index (κ2) is 5.63. The predicted octanol–water partition coefficient (Wildman–Crippen LogP) is 1.86. The number of halogens is 3. The topological polar surface area (TPSA) is 63.3 Å². The molecule has 0 radical (unpaired) electrons. The van der Waals surface area contributed by atoms with Crippen LogP contribution < -0.4 is 5.73 Å². The van der Waals surface area contributed by atoms with Crippen molar-refractivity contribution in [1.29, 1.82) is 0 Å². The van der Waals surface area contributed by atoms with E-state index in [0.29, 0.717) is 0 Å². The molecule has 1 aromatic carbocycles. The molecule has 0 aliphatic rings. The number of benzene rings is 1. The predicted molar refractivity (Wildman–Crippen MR) is 52.8 cm³/mol. The minimum atomic E-state index is -1.08. The van der Waals surface area contributed by atoms with Crippen molar-refractivity contribution in [3.63, 3.8) is 0 Å². The van der Waals surface area contributed by atoms with Crippen molar-refractivity contribution < 1.29 is 18.7 Å². The molecule has 6 heteroatoms. The van der Waals surface area contributed by atoms with Gasteiger partial charge in [0, 0.05) is 6.04 Å². The maximum atomic E-state index is 12.7. The van der Waals surface area contributed by atoms with E-state index in [4.69, 9.17) is 10.8 Å². The number of carbonyl (C=O) groups is 1. The molecule has 84 valence electrons. The third kappa shape index (κ3) is 3.81. The minimum absolute atomic E-state index is 0. The van der Waals surface area contributed by atoms with Crippen molar-refractivity contribution in [1.82, 2.24) is 0 Å². The maximum absolute atomic E-state index is 12.7. The van der Waals surface area contributed by atoms with Crippen LogP contribution in [0.4, 0.5) is 8.78 Å². The number of aliphatic carboxylic acids is 1. The first-order valence-corrected chi connectivity index (χ1v) is 3.93. The Morgan fingerprint density at radius 1 is 1.40 bits per heavy atom. The Labute approximate surface area is 91.3 Å². The van der Waals surface area contributed by atoms with E-state index in [0.717, 1.165) is 12.1 Å². The molecule has 0 aliphatic carbocycles. The van der Waals surface area contributed by atoms with E-state index in [1.165, 1.54) is 6.07 Å². The Balaban J connectivity index is 0.00000196. The number of hydrogen-bond acceptors (Lipinski definition) is 2. The van der Waals surface area contributed by atoms with E-state index in [2.05, 4.69) is 0 Å².